The summed E-state index contributed by atoms with van der Waals surface area (Å²) in [5.74, 6) is 1.98. The van der Waals surface area contributed by atoms with Crippen molar-refractivity contribution in [2.45, 2.75) is 15.2 Å². The SMILES string of the molecule is c1ccc(-c2nc(-c3cccc4ccccc34)nc(-c3cccc4c5c(ccc34)C3(c4ccccc4Sc4ccccc43)c3ccccc3-5)n2)cc1. The van der Waals surface area contributed by atoms with Crippen LogP contribution in [0.4, 0.5) is 0 Å². The van der Waals surface area contributed by atoms with E-state index in [1.165, 1.54) is 48.6 Å². The van der Waals surface area contributed by atoms with Crippen molar-refractivity contribution < 1.29 is 0 Å². The molecule has 2 aliphatic rings. The third kappa shape index (κ3) is 4.13. The van der Waals surface area contributed by atoms with Crippen molar-refractivity contribution in [3.8, 4) is 45.3 Å². The van der Waals surface area contributed by atoms with E-state index in [2.05, 4.69) is 158 Å². The van der Waals surface area contributed by atoms with Crippen molar-refractivity contribution in [2.75, 3.05) is 0 Å². The van der Waals surface area contributed by atoms with Crippen molar-refractivity contribution in [1.82, 2.24) is 15.0 Å². The minimum absolute atomic E-state index is 0.427. The summed E-state index contributed by atoms with van der Waals surface area (Å²) in [6.45, 7) is 0. The molecule has 1 aliphatic carbocycles. The van der Waals surface area contributed by atoms with Crippen LogP contribution in [0.1, 0.15) is 22.3 Å². The zero-order chi connectivity index (χ0) is 34.2. The molecule has 0 bridgehead atoms. The Morgan fingerprint density at radius 1 is 0.346 bits per heavy atom. The van der Waals surface area contributed by atoms with E-state index in [1.54, 1.807) is 0 Å². The maximum absolute atomic E-state index is 5.26. The van der Waals surface area contributed by atoms with E-state index in [0.29, 0.717) is 17.5 Å². The molecule has 1 aromatic heterocycles. The molecule has 0 unspecified atom stereocenters. The van der Waals surface area contributed by atoms with Gasteiger partial charge in [-0.25, -0.2) is 15.0 Å². The summed E-state index contributed by atoms with van der Waals surface area (Å²) >= 11 is 1.87. The number of nitrogens with zero attached hydrogens (tertiary/aromatic N) is 3. The number of aromatic nitrogens is 3. The second-order valence-corrected chi connectivity index (χ2v) is 14.6. The van der Waals surface area contributed by atoms with Crippen molar-refractivity contribution in [3.05, 3.63) is 198 Å². The van der Waals surface area contributed by atoms with Crippen molar-refractivity contribution in [3.63, 3.8) is 0 Å². The van der Waals surface area contributed by atoms with E-state index >= 15 is 0 Å². The average Bonchev–Trinajstić information content (AvgIpc) is 3.51. The van der Waals surface area contributed by atoms with Crippen molar-refractivity contribution in [2.24, 2.45) is 0 Å². The smallest absolute Gasteiger partial charge is 0.164 e. The number of hydrogen-bond acceptors (Lipinski definition) is 4. The fourth-order valence-electron chi connectivity index (χ4n) is 8.66. The van der Waals surface area contributed by atoms with Crippen molar-refractivity contribution >= 4 is 33.3 Å². The van der Waals surface area contributed by atoms with Crippen LogP contribution >= 0.6 is 11.8 Å². The number of hydrogen-bond donors (Lipinski definition) is 0. The molecule has 242 valence electrons. The summed E-state index contributed by atoms with van der Waals surface area (Å²) in [5.41, 5.74) is 10.4. The van der Waals surface area contributed by atoms with Gasteiger partial charge in [0.05, 0.1) is 5.41 Å². The first-order valence-electron chi connectivity index (χ1n) is 17.6. The molecule has 0 amide bonds. The largest absolute Gasteiger partial charge is 0.208 e. The zero-order valence-corrected chi connectivity index (χ0v) is 28.8. The predicted octanol–water partition coefficient (Wildman–Crippen LogP) is 12.0. The van der Waals surface area contributed by atoms with Gasteiger partial charge in [-0.1, -0.05) is 176 Å². The van der Waals surface area contributed by atoms with Crippen LogP contribution in [-0.2, 0) is 5.41 Å². The Labute approximate surface area is 305 Å². The first-order valence-corrected chi connectivity index (χ1v) is 18.4. The molecular formula is C48H29N3S. The van der Waals surface area contributed by atoms with Gasteiger partial charge in [-0.15, -0.1) is 0 Å². The first-order chi connectivity index (χ1) is 25.8. The van der Waals surface area contributed by atoms with Gasteiger partial charge in [0.25, 0.3) is 0 Å². The highest BCUT2D eigenvalue weighted by Crippen LogP contribution is 2.63. The summed E-state index contributed by atoms with van der Waals surface area (Å²) in [5, 5.41) is 4.58. The average molecular weight is 680 g/mol. The Bertz CT molecular complexity index is 2850. The molecule has 3 nitrogen and oxygen atoms in total. The standard InChI is InChI=1S/C48H29N3S/c1-2-15-31(16-3-1)45-49-46(35-21-12-17-30-14-4-5-18-32(30)35)51-47(50-45)36-22-13-20-34-33(36)28-29-41-44(34)37-19-6-7-23-38(37)48(41)39-24-8-10-26-42(39)52-43-27-11-9-25-40(43)48/h1-29H. The van der Waals surface area contributed by atoms with E-state index in [-0.39, 0.29) is 0 Å². The molecule has 4 heteroatoms. The second-order valence-electron chi connectivity index (χ2n) is 13.5. The molecular weight excluding hydrogens is 651 g/mol. The van der Waals surface area contributed by atoms with Crippen LogP contribution in [0.15, 0.2) is 186 Å². The number of fused-ring (bicyclic) bond motifs is 12. The molecule has 8 aromatic carbocycles. The van der Waals surface area contributed by atoms with Gasteiger partial charge >= 0.3 is 0 Å². The minimum atomic E-state index is -0.427. The van der Waals surface area contributed by atoms with Crippen molar-refractivity contribution in [1.29, 1.82) is 0 Å². The van der Waals surface area contributed by atoms with Crippen LogP contribution in [0.3, 0.4) is 0 Å². The fourth-order valence-corrected chi connectivity index (χ4v) is 9.85. The maximum atomic E-state index is 5.26. The Morgan fingerprint density at radius 2 is 0.885 bits per heavy atom. The summed E-state index contributed by atoms with van der Waals surface area (Å²) in [4.78, 5) is 18.1. The highest BCUT2D eigenvalue weighted by Gasteiger charge is 2.50. The summed E-state index contributed by atoms with van der Waals surface area (Å²) in [6, 6.07) is 63.1. The number of benzene rings is 8. The number of rotatable bonds is 3. The van der Waals surface area contributed by atoms with Gasteiger partial charge < -0.3 is 0 Å². The molecule has 0 saturated heterocycles. The molecule has 1 spiro atoms. The van der Waals surface area contributed by atoms with Gasteiger partial charge in [0.1, 0.15) is 0 Å². The Kier molecular flexibility index (Phi) is 6.40. The summed E-state index contributed by atoms with van der Waals surface area (Å²) in [6.07, 6.45) is 0. The van der Waals surface area contributed by atoms with Gasteiger partial charge in [0, 0.05) is 26.5 Å². The molecule has 0 atom stereocenters. The lowest BCUT2D eigenvalue weighted by Crippen LogP contribution is -2.31. The molecule has 2 heterocycles. The molecule has 11 rings (SSSR count). The lowest BCUT2D eigenvalue weighted by Gasteiger charge is -2.39. The van der Waals surface area contributed by atoms with Gasteiger partial charge in [-0.05, 0) is 67.1 Å². The molecule has 9 aromatic rings. The zero-order valence-electron chi connectivity index (χ0n) is 28.0. The molecule has 52 heavy (non-hydrogen) atoms. The highest BCUT2D eigenvalue weighted by atomic mass is 32.2. The normalized spacial score (nSPS) is 13.5. The highest BCUT2D eigenvalue weighted by molar-refractivity contribution is 7.99. The first kappa shape index (κ1) is 29.4. The monoisotopic (exact) mass is 679 g/mol. The van der Waals surface area contributed by atoms with E-state index in [4.69, 9.17) is 15.0 Å². The molecule has 0 radical (unpaired) electrons. The molecule has 0 saturated carbocycles. The molecule has 1 aliphatic heterocycles. The summed E-state index contributed by atoms with van der Waals surface area (Å²) in [7, 11) is 0. The van der Waals surface area contributed by atoms with Crippen LogP contribution in [0.2, 0.25) is 0 Å². The van der Waals surface area contributed by atoms with Gasteiger partial charge in [-0.2, -0.15) is 0 Å². The van der Waals surface area contributed by atoms with Gasteiger partial charge in [0.15, 0.2) is 17.5 Å². The van der Waals surface area contributed by atoms with Crippen LogP contribution in [0.25, 0.3) is 66.8 Å². The minimum Gasteiger partial charge on any atom is -0.208 e. The third-order valence-electron chi connectivity index (χ3n) is 10.8. The van der Waals surface area contributed by atoms with Crippen LogP contribution in [-0.4, -0.2) is 15.0 Å². The van der Waals surface area contributed by atoms with Gasteiger partial charge in [0.2, 0.25) is 0 Å². The van der Waals surface area contributed by atoms with E-state index in [9.17, 15) is 0 Å². The maximum Gasteiger partial charge on any atom is 0.164 e. The van der Waals surface area contributed by atoms with E-state index in [0.717, 1.165) is 32.8 Å². The van der Waals surface area contributed by atoms with Crippen LogP contribution < -0.4 is 0 Å². The Balaban J connectivity index is 1.20. The second kappa shape index (κ2) is 11.3. The van der Waals surface area contributed by atoms with E-state index in [1.807, 2.05) is 30.0 Å². The summed E-state index contributed by atoms with van der Waals surface area (Å²) < 4.78 is 0. The topological polar surface area (TPSA) is 38.7 Å². The lowest BCUT2D eigenvalue weighted by molar-refractivity contribution is 0.723. The fraction of sp³-hybridized carbons (Fsp3) is 0.0208. The Morgan fingerprint density at radius 3 is 1.65 bits per heavy atom. The van der Waals surface area contributed by atoms with Crippen LogP contribution in [0.5, 0.6) is 0 Å². The third-order valence-corrected chi connectivity index (χ3v) is 12.0. The quantitative estimate of drug-likeness (QED) is 0.186. The molecule has 0 N–H and O–H groups in total. The van der Waals surface area contributed by atoms with E-state index < -0.39 is 5.41 Å². The lowest BCUT2D eigenvalue weighted by atomic mass is 9.67. The predicted molar refractivity (Wildman–Crippen MR) is 213 cm³/mol. The van der Waals surface area contributed by atoms with Crippen LogP contribution in [0, 0.1) is 0 Å². The van der Waals surface area contributed by atoms with Gasteiger partial charge in [-0.3, -0.25) is 0 Å². The molecule has 0 fully saturated rings. The Hall–Kier alpha value is -6.36.